The van der Waals surface area contributed by atoms with Crippen LogP contribution in [0.25, 0.3) is 0 Å². The number of esters is 1. The van der Waals surface area contributed by atoms with Crippen LogP contribution >= 0.6 is 0 Å². The normalized spacial score (nSPS) is 10.2. The summed E-state index contributed by atoms with van der Waals surface area (Å²) in [6.07, 6.45) is 0. The van der Waals surface area contributed by atoms with Crippen LogP contribution in [-0.2, 0) is 4.79 Å². The standard InChI is InChI=1S/C13H16O4/c1-6-7(2)13(17-10(5)15)8(3)11(9(4)14)12(6)16/h16H,1-5H3. The van der Waals surface area contributed by atoms with E-state index in [1.54, 1.807) is 20.8 Å². The van der Waals surface area contributed by atoms with E-state index in [0.29, 0.717) is 22.4 Å². The van der Waals surface area contributed by atoms with Gasteiger partial charge in [0.05, 0.1) is 5.56 Å². The van der Waals surface area contributed by atoms with Crippen LogP contribution in [0.15, 0.2) is 0 Å². The maximum atomic E-state index is 11.5. The zero-order valence-corrected chi connectivity index (χ0v) is 10.7. The van der Waals surface area contributed by atoms with Gasteiger partial charge in [-0.3, -0.25) is 9.59 Å². The monoisotopic (exact) mass is 236 g/mol. The Kier molecular flexibility index (Phi) is 3.56. The number of ketones is 1. The molecule has 0 unspecified atom stereocenters. The molecular formula is C13H16O4. The molecule has 1 rings (SSSR count). The van der Waals surface area contributed by atoms with Crippen molar-refractivity contribution in [2.45, 2.75) is 34.6 Å². The molecule has 17 heavy (non-hydrogen) atoms. The molecule has 0 fully saturated rings. The molecule has 4 nitrogen and oxygen atoms in total. The Hall–Kier alpha value is -1.84. The number of phenols is 1. The van der Waals surface area contributed by atoms with E-state index in [2.05, 4.69) is 0 Å². The van der Waals surface area contributed by atoms with Gasteiger partial charge in [-0.2, -0.15) is 0 Å². The van der Waals surface area contributed by atoms with Gasteiger partial charge in [0, 0.05) is 12.5 Å². The molecule has 0 aliphatic carbocycles. The fourth-order valence-corrected chi connectivity index (χ4v) is 1.84. The Balaban J connectivity index is 3.61. The molecule has 0 radical (unpaired) electrons. The van der Waals surface area contributed by atoms with Crippen molar-refractivity contribution < 1.29 is 19.4 Å². The molecule has 0 aliphatic rings. The van der Waals surface area contributed by atoms with E-state index in [0.717, 1.165) is 0 Å². The van der Waals surface area contributed by atoms with E-state index < -0.39 is 5.97 Å². The number of benzene rings is 1. The Morgan fingerprint density at radius 3 is 1.94 bits per heavy atom. The van der Waals surface area contributed by atoms with Crippen LogP contribution in [0.3, 0.4) is 0 Å². The highest BCUT2D eigenvalue weighted by Crippen LogP contribution is 2.37. The third-order valence-electron chi connectivity index (χ3n) is 2.81. The predicted octanol–water partition coefficient (Wildman–Crippen LogP) is 2.45. The van der Waals surface area contributed by atoms with Crippen LogP contribution in [0.1, 0.15) is 40.9 Å². The van der Waals surface area contributed by atoms with E-state index in [9.17, 15) is 14.7 Å². The number of phenolic OH excluding ortho intramolecular Hbond substituents is 1. The van der Waals surface area contributed by atoms with E-state index >= 15 is 0 Å². The largest absolute Gasteiger partial charge is 0.507 e. The third kappa shape index (κ3) is 2.30. The molecule has 0 aromatic heterocycles. The minimum atomic E-state index is -0.448. The van der Waals surface area contributed by atoms with Crippen LogP contribution in [0.5, 0.6) is 11.5 Å². The molecule has 4 heteroatoms. The first-order valence-electron chi connectivity index (χ1n) is 5.29. The highest BCUT2D eigenvalue weighted by Gasteiger charge is 2.21. The van der Waals surface area contributed by atoms with Gasteiger partial charge in [-0.15, -0.1) is 0 Å². The Labute approximate surface area is 100 Å². The van der Waals surface area contributed by atoms with Crippen LogP contribution in [0, 0.1) is 20.8 Å². The number of carbonyl (C=O) groups is 2. The van der Waals surface area contributed by atoms with Crippen molar-refractivity contribution in [3.8, 4) is 11.5 Å². The lowest BCUT2D eigenvalue weighted by Gasteiger charge is -2.16. The maximum absolute atomic E-state index is 11.5. The number of rotatable bonds is 2. The molecule has 1 N–H and O–H groups in total. The summed E-state index contributed by atoms with van der Waals surface area (Å²) >= 11 is 0. The highest BCUT2D eigenvalue weighted by atomic mass is 16.5. The lowest BCUT2D eigenvalue weighted by molar-refractivity contribution is -0.132. The molecule has 0 atom stereocenters. The summed E-state index contributed by atoms with van der Waals surface area (Å²) < 4.78 is 5.10. The van der Waals surface area contributed by atoms with Gasteiger partial charge in [0.15, 0.2) is 5.78 Å². The summed E-state index contributed by atoms with van der Waals surface area (Å²) in [5, 5.41) is 9.93. The van der Waals surface area contributed by atoms with Crippen molar-refractivity contribution in [2.24, 2.45) is 0 Å². The summed E-state index contributed by atoms with van der Waals surface area (Å²) in [4.78, 5) is 22.5. The quantitative estimate of drug-likeness (QED) is 0.486. The van der Waals surface area contributed by atoms with Gasteiger partial charge < -0.3 is 9.84 Å². The molecule has 1 aromatic rings. The SMILES string of the molecule is CC(=O)Oc1c(C)c(C)c(O)c(C(C)=O)c1C. The van der Waals surface area contributed by atoms with Crippen molar-refractivity contribution in [1.29, 1.82) is 0 Å². The van der Waals surface area contributed by atoms with E-state index in [1.807, 2.05) is 0 Å². The van der Waals surface area contributed by atoms with E-state index in [4.69, 9.17) is 4.74 Å². The summed E-state index contributed by atoms with van der Waals surface area (Å²) in [6.45, 7) is 7.75. The lowest BCUT2D eigenvalue weighted by atomic mass is 9.95. The third-order valence-corrected chi connectivity index (χ3v) is 2.81. The molecular weight excluding hydrogens is 220 g/mol. The summed E-state index contributed by atoms with van der Waals surface area (Å²) in [5.74, 6) is -0.381. The number of Topliss-reactive ketones (excluding diaryl/α,β-unsaturated/α-hetero) is 1. The zero-order valence-electron chi connectivity index (χ0n) is 10.7. The molecule has 0 aliphatic heterocycles. The number of hydrogen-bond acceptors (Lipinski definition) is 4. The second kappa shape index (κ2) is 4.57. The van der Waals surface area contributed by atoms with Crippen molar-refractivity contribution >= 4 is 11.8 Å². The van der Waals surface area contributed by atoms with Crippen LogP contribution in [0.4, 0.5) is 0 Å². The van der Waals surface area contributed by atoms with Crippen molar-refractivity contribution in [3.63, 3.8) is 0 Å². The van der Waals surface area contributed by atoms with Gasteiger partial charge in [0.1, 0.15) is 11.5 Å². The predicted molar refractivity (Wildman–Crippen MR) is 63.6 cm³/mol. The first-order chi connectivity index (χ1) is 7.77. The zero-order chi connectivity index (χ0) is 13.3. The average molecular weight is 236 g/mol. The van der Waals surface area contributed by atoms with Gasteiger partial charge in [-0.1, -0.05) is 0 Å². The lowest BCUT2D eigenvalue weighted by Crippen LogP contribution is -2.09. The van der Waals surface area contributed by atoms with Crippen molar-refractivity contribution in [1.82, 2.24) is 0 Å². The molecule has 0 spiro atoms. The highest BCUT2D eigenvalue weighted by molar-refractivity contribution is 5.99. The molecule has 0 amide bonds. The minimum absolute atomic E-state index is 0.0385. The van der Waals surface area contributed by atoms with Crippen LogP contribution < -0.4 is 4.74 Å². The second-order valence-corrected chi connectivity index (χ2v) is 4.08. The smallest absolute Gasteiger partial charge is 0.308 e. The number of carbonyl (C=O) groups excluding carboxylic acids is 2. The van der Waals surface area contributed by atoms with Crippen LogP contribution in [-0.4, -0.2) is 16.9 Å². The van der Waals surface area contributed by atoms with Gasteiger partial charge in [-0.25, -0.2) is 0 Å². The molecule has 92 valence electrons. The molecule has 0 saturated carbocycles. The summed E-state index contributed by atoms with van der Waals surface area (Å²) in [7, 11) is 0. The fraction of sp³-hybridized carbons (Fsp3) is 0.385. The first-order valence-corrected chi connectivity index (χ1v) is 5.29. The number of hydrogen-bond donors (Lipinski definition) is 1. The summed E-state index contributed by atoms with van der Waals surface area (Å²) in [6, 6.07) is 0. The minimum Gasteiger partial charge on any atom is -0.507 e. The van der Waals surface area contributed by atoms with Gasteiger partial charge >= 0.3 is 5.97 Å². The van der Waals surface area contributed by atoms with E-state index in [-0.39, 0.29) is 17.1 Å². The van der Waals surface area contributed by atoms with Crippen LogP contribution in [0.2, 0.25) is 0 Å². The molecule has 0 heterocycles. The second-order valence-electron chi connectivity index (χ2n) is 4.08. The average Bonchev–Trinajstić information content (AvgIpc) is 2.21. The van der Waals surface area contributed by atoms with Crippen molar-refractivity contribution in [3.05, 3.63) is 22.3 Å². The Bertz CT molecular complexity index is 501. The maximum Gasteiger partial charge on any atom is 0.308 e. The fourth-order valence-electron chi connectivity index (χ4n) is 1.84. The molecule has 1 aromatic carbocycles. The van der Waals surface area contributed by atoms with Gasteiger partial charge in [0.25, 0.3) is 0 Å². The van der Waals surface area contributed by atoms with Gasteiger partial charge in [-0.05, 0) is 38.8 Å². The van der Waals surface area contributed by atoms with Crippen molar-refractivity contribution in [2.75, 3.05) is 0 Å². The molecule has 0 bridgehead atoms. The van der Waals surface area contributed by atoms with Gasteiger partial charge in [0.2, 0.25) is 0 Å². The van der Waals surface area contributed by atoms with E-state index in [1.165, 1.54) is 13.8 Å². The summed E-state index contributed by atoms with van der Waals surface area (Å²) in [5.41, 5.74) is 1.93. The number of aromatic hydroxyl groups is 1. The topological polar surface area (TPSA) is 63.6 Å². The Morgan fingerprint density at radius 1 is 1.00 bits per heavy atom. The molecule has 0 saturated heterocycles. The first kappa shape index (κ1) is 13.2. The Morgan fingerprint density at radius 2 is 1.53 bits per heavy atom. The number of ether oxygens (including phenoxy) is 1.